The Morgan fingerprint density at radius 2 is 2.00 bits per heavy atom. The van der Waals surface area contributed by atoms with E-state index in [9.17, 15) is 4.79 Å². The average molecular weight is 270 g/mol. The molecule has 0 unspecified atom stereocenters. The number of aromatic nitrogens is 1. The summed E-state index contributed by atoms with van der Waals surface area (Å²) in [6, 6.07) is 9.81. The van der Waals surface area contributed by atoms with Gasteiger partial charge in [0, 0.05) is 12.1 Å². The third-order valence-corrected chi connectivity index (χ3v) is 2.91. The molecule has 0 bridgehead atoms. The Bertz CT molecular complexity index is 610. The van der Waals surface area contributed by atoms with Gasteiger partial charge in [0.15, 0.2) is 5.82 Å². The molecule has 0 spiro atoms. The number of anilines is 1. The second kappa shape index (κ2) is 6.19. The van der Waals surface area contributed by atoms with Gasteiger partial charge in [-0.25, -0.2) is 0 Å². The maximum absolute atomic E-state index is 11.7. The maximum Gasteiger partial charge on any atom is 0.249 e. The lowest BCUT2D eigenvalue weighted by Gasteiger charge is -2.04. The van der Waals surface area contributed by atoms with E-state index in [0.717, 1.165) is 5.56 Å². The molecule has 0 fully saturated rings. The van der Waals surface area contributed by atoms with Crippen LogP contribution in [0.4, 0.5) is 5.82 Å². The summed E-state index contributed by atoms with van der Waals surface area (Å²) < 4.78 is 4.87. The molecule has 2 rings (SSSR count). The molecule has 2 aromatic rings. The molecule has 1 aromatic carbocycles. The largest absolute Gasteiger partial charge is 0.360 e. The standard InChI is InChI=1S/C16H18N2O2/c1-11(2)14-7-4-13(5-8-14)6-9-16(19)17-15-10-12(3)20-18-15/h4-11H,1-3H3,(H,17,18,19)/b9-6-. The minimum Gasteiger partial charge on any atom is -0.360 e. The fraction of sp³-hybridized carbons (Fsp3) is 0.250. The van der Waals surface area contributed by atoms with Crippen molar-refractivity contribution in [1.82, 2.24) is 5.16 Å². The molecule has 0 saturated heterocycles. The molecule has 0 aliphatic rings. The van der Waals surface area contributed by atoms with E-state index >= 15 is 0 Å². The predicted molar refractivity (Wildman–Crippen MR) is 79.4 cm³/mol. The third kappa shape index (κ3) is 3.82. The molecular weight excluding hydrogens is 252 g/mol. The summed E-state index contributed by atoms with van der Waals surface area (Å²) in [5, 5.41) is 6.33. The first-order chi connectivity index (χ1) is 9.54. The van der Waals surface area contributed by atoms with Crippen LogP contribution in [0.15, 0.2) is 40.9 Å². The van der Waals surface area contributed by atoms with Crippen molar-refractivity contribution in [3.05, 3.63) is 53.3 Å². The van der Waals surface area contributed by atoms with E-state index in [1.165, 1.54) is 11.6 Å². The van der Waals surface area contributed by atoms with Crippen molar-refractivity contribution in [2.75, 3.05) is 5.32 Å². The van der Waals surface area contributed by atoms with Gasteiger partial charge in [0.1, 0.15) is 5.76 Å². The van der Waals surface area contributed by atoms with Crippen LogP contribution in [0.1, 0.15) is 36.7 Å². The Balaban J connectivity index is 1.96. The molecule has 0 aliphatic heterocycles. The first-order valence-corrected chi connectivity index (χ1v) is 6.57. The fourth-order valence-electron chi connectivity index (χ4n) is 1.76. The van der Waals surface area contributed by atoms with Gasteiger partial charge in [-0.3, -0.25) is 4.79 Å². The molecule has 0 aliphatic carbocycles. The van der Waals surface area contributed by atoms with Gasteiger partial charge in [-0.2, -0.15) is 0 Å². The predicted octanol–water partition coefficient (Wildman–Crippen LogP) is 3.76. The van der Waals surface area contributed by atoms with E-state index in [1.807, 2.05) is 12.1 Å². The van der Waals surface area contributed by atoms with E-state index in [1.54, 1.807) is 19.1 Å². The van der Waals surface area contributed by atoms with Crippen LogP contribution in [0.25, 0.3) is 6.08 Å². The number of rotatable bonds is 4. The number of carbonyl (C=O) groups excluding carboxylic acids is 1. The van der Waals surface area contributed by atoms with E-state index in [0.29, 0.717) is 17.5 Å². The van der Waals surface area contributed by atoms with Gasteiger partial charge >= 0.3 is 0 Å². The maximum atomic E-state index is 11.7. The van der Waals surface area contributed by atoms with E-state index < -0.39 is 0 Å². The molecule has 1 amide bonds. The zero-order valence-electron chi connectivity index (χ0n) is 11.9. The molecule has 1 heterocycles. The number of carbonyl (C=O) groups is 1. The topological polar surface area (TPSA) is 55.1 Å². The van der Waals surface area contributed by atoms with Gasteiger partial charge in [-0.1, -0.05) is 43.3 Å². The van der Waals surface area contributed by atoms with Crippen LogP contribution in [0.3, 0.4) is 0 Å². The molecule has 4 heteroatoms. The second-order valence-corrected chi connectivity index (χ2v) is 4.97. The quantitative estimate of drug-likeness (QED) is 0.861. The second-order valence-electron chi connectivity index (χ2n) is 4.97. The zero-order chi connectivity index (χ0) is 14.5. The Morgan fingerprint density at radius 3 is 2.55 bits per heavy atom. The number of benzene rings is 1. The van der Waals surface area contributed by atoms with Crippen LogP contribution in [-0.2, 0) is 4.79 Å². The van der Waals surface area contributed by atoms with Crippen LogP contribution in [0.2, 0.25) is 0 Å². The molecule has 0 atom stereocenters. The number of nitrogens with zero attached hydrogens (tertiary/aromatic N) is 1. The van der Waals surface area contributed by atoms with Gasteiger partial charge in [0.05, 0.1) is 0 Å². The summed E-state index contributed by atoms with van der Waals surface area (Å²) in [7, 11) is 0. The van der Waals surface area contributed by atoms with Crippen molar-refractivity contribution in [3.63, 3.8) is 0 Å². The highest BCUT2D eigenvalue weighted by molar-refractivity contribution is 6.01. The smallest absolute Gasteiger partial charge is 0.249 e. The molecule has 0 saturated carbocycles. The molecule has 104 valence electrons. The summed E-state index contributed by atoms with van der Waals surface area (Å²) in [6.45, 7) is 6.07. The van der Waals surface area contributed by atoms with Crippen molar-refractivity contribution in [3.8, 4) is 0 Å². The van der Waals surface area contributed by atoms with Crippen molar-refractivity contribution >= 4 is 17.8 Å². The fourth-order valence-corrected chi connectivity index (χ4v) is 1.76. The highest BCUT2D eigenvalue weighted by Gasteiger charge is 2.02. The molecule has 20 heavy (non-hydrogen) atoms. The highest BCUT2D eigenvalue weighted by atomic mass is 16.5. The van der Waals surface area contributed by atoms with E-state index in [-0.39, 0.29) is 5.91 Å². The number of nitrogens with one attached hydrogen (secondary N) is 1. The van der Waals surface area contributed by atoms with Gasteiger partial charge in [0.25, 0.3) is 0 Å². The van der Waals surface area contributed by atoms with Crippen LogP contribution in [0, 0.1) is 6.92 Å². The minimum atomic E-state index is -0.230. The first kappa shape index (κ1) is 14.1. The summed E-state index contributed by atoms with van der Waals surface area (Å²) in [5.41, 5.74) is 2.27. The van der Waals surface area contributed by atoms with Crippen molar-refractivity contribution in [2.45, 2.75) is 26.7 Å². The molecule has 4 nitrogen and oxygen atoms in total. The molecule has 1 N–H and O–H groups in total. The lowest BCUT2D eigenvalue weighted by atomic mass is 10.0. The molecule has 0 radical (unpaired) electrons. The Hall–Kier alpha value is -2.36. The summed E-state index contributed by atoms with van der Waals surface area (Å²) in [6.07, 6.45) is 3.25. The van der Waals surface area contributed by atoms with Gasteiger partial charge < -0.3 is 9.84 Å². The molecular formula is C16H18N2O2. The monoisotopic (exact) mass is 270 g/mol. The minimum absolute atomic E-state index is 0.230. The Morgan fingerprint density at radius 1 is 1.30 bits per heavy atom. The van der Waals surface area contributed by atoms with Crippen molar-refractivity contribution in [2.24, 2.45) is 0 Å². The van der Waals surface area contributed by atoms with Crippen LogP contribution >= 0.6 is 0 Å². The highest BCUT2D eigenvalue weighted by Crippen LogP contribution is 2.15. The summed E-state index contributed by atoms with van der Waals surface area (Å²) in [4.78, 5) is 11.7. The average Bonchev–Trinajstić information content (AvgIpc) is 2.82. The third-order valence-electron chi connectivity index (χ3n) is 2.91. The van der Waals surface area contributed by atoms with Crippen LogP contribution < -0.4 is 5.32 Å². The summed E-state index contributed by atoms with van der Waals surface area (Å²) >= 11 is 0. The SMILES string of the molecule is Cc1cc(NC(=O)/C=C\c2ccc(C(C)C)cc2)no1. The van der Waals surface area contributed by atoms with Gasteiger partial charge in [-0.15, -0.1) is 0 Å². The lowest BCUT2D eigenvalue weighted by molar-refractivity contribution is -0.111. The molecule has 1 aromatic heterocycles. The number of aryl methyl sites for hydroxylation is 1. The lowest BCUT2D eigenvalue weighted by Crippen LogP contribution is -2.07. The van der Waals surface area contributed by atoms with Crippen LogP contribution in [0.5, 0.6) is 0 Å². The van der Waals surface area contributed by atoms with Crippen molar-refractivity contribution in [1.29, 1.82) is 0 Å². The van der Waals surface area contributed by atoms with E-state index in [2.05, 4.69) is 36.5 Å². The number of hydrogen-bond acceptors (Lipinski definition) is 3. The normalized spacial score (nSPS) is 11.2. The first-order valence-electron chi connectivity index (χ1n) is 6.57. The van der Waals surface area contributed by atoms with Gasteiger partial charge in [0.2, 0.25) is 5.91 Å². The number of hydrogen-bond donors (Lipinski definition) is 1. The van der Waals surface area contributed by atoms with Crippen molar-refractivity contribution < 1.29 is 9.32 Å². The Kier molecular flexibility index (Phi) is 4.35. The van der Waals surface area contributed by atoms with Crippen LogP contribution in [-0.4, -0.2) is 11.1 Å². The van der Waals surface area contributed by atoms with Gasteiger partial charge in [-0.05, 0) is 30.0 Å². The Labute approximate surface area is 118 Å². The number of amides is 1. The zero-order valence-corrected chi connectivity index (χ0v) is 11.9. The van der Waals surface area contributed by atoms with E-state index in [4.69, 9.17) is 4.52 Å². The summed E-state index contributed by atoms with van der Waals surface area (Å²) in [5.74, 6) is 1.36.